The van der Waals surface area contributed by atoms with Gasteiger partial charge in [-0.2, -0.15) is 0 Å². The van der Waals surface area contributed by atoms with Gasteiger partial charge >= 0.3 is 6.36 Å². The van der Waals surface area contributed by atoms with E-state index in [1.807, 2.05) is 0 Å². The fourth-order valence-corrected chi connectivity index (χ4v) is 2.21. The second-order valence-electron chi connectivity index (χ2n) is 4.69. The number of carbonyl (C=O) groups excluding carboxylic acids is 1. The first-order valence-electron chi connectivity index (χ1n) is 6.20. The highest BCUT2D eigenvalue weighted by Crippen LogP contribution is 2.36. The predicted molar refractivity (Wildman–Crippen MR) is 69.3 cm³/mol. The smallest absolute Gasteiger partial charge is 0.506 e. The Morgan fingerprint density at radius 3 is 2.86 bits per heavy atom. The van der Waals surface area contributed by atoms with Crippen LogP contribution in [0.25, 0.3) is 10.4 Å². The Labute approximate surface area is 122 Å². The van der Waals surface area contributed by atoms with Gasteiger partial charge in [0, 0.05) is 30.5 Å². The second-order valence-corrected chi connectivity index (χ2v) is 4.69. The quantitative estimate of drug-likeness (QED) is 0.525. The molecular weight excluding hydrogens is 305 g/mol. The molecule has 1 aliphatic rings. The molecule has 1 saturated heterocycles. The number of amides is 1. The van der Waals surface area contributed by atoms with E-state index in [2.05, 4.69) is 14.8 Å². The largest absolute Gasteiger partial charge is 0.573 e. The first-order valence-corrected chi connectivity index (χ1v) is 6.20. The minimum Gasteiger partial charge on any atom is -0.506 e. The average molecular weight is 316 g/mol. The normalized spacial score (nSPS) is 18.2. The van der Waals surface area contributed by atoms with Crippen LogP contribution in [0, 0.1) is 5.92 Å². The number of phenolic OH excluding ortho intramolecular Hbond substituents is 1. The first kappa shape index (κ1) is 15.8. The lowest BCUT2D eigenvalue weighted by Gasteiger charge is -2.19. The lowest BCUT2D eigenvalue weighted by Crippen LogP contribution is -2.25. The number of rotatable bonds is 4. The molecule has 0 aromatic heterocycles. The molecule has 0 radical (unpaired) electrons. The van der Waals surface area contributed by atoms with Crippen LogP contribution in [0.1, 0.15) is 6.42 Å². The monoisotopic (exact) mass is 316 g/mol. The lowest BCUT2D eigenvalue weighted by molar-refractivity contribution is -0.274. The fraction of sp³-hybridized carbons (Fsp3) is 0.417. The van der Waals surface area contributed by atoms with Crippen molar-refractivity contribution in [3.05, 3.63) is 28.6 Å². The first-order chi connectivity index (χ1) is 10.3. The van der Waals surface area contributed by atoms with Crippen LogP contribution in [0.3, 0.4) is 0 Å². The average Bonchev–Trinajstić information content (AvgIpc) is 2.78. The van der Waals surface area contributed by atoms with Gasteiger partial charge in [-0.05, 0) is 23.6 Å². The summed E-state index contributed by atoms with van der Waals surface area (Å²) in [6.07, 6.45) is -4.78. The number of aromatic hydroxyl groups is 1. The molecule has 0 bridgehead atoms. The molecule has 7 nitrogen and oxygen atoms in total. The van der Waals surface area contributed by atoms with Crippen molar-refractivity contribution in [2.24, 2.45) is 11.0 Å². The zero-order valence-electron chi connectivity index (χ0n) is 11.1. The van der Waals surface area contributed by atoms with E-state index < -0.39 is 12.1 Å². The van der Waals surface area contributed by atoms with Crippen molar-refractivity contribution in [2.75, 3.05) is 18.0 Å². The van der Waals surface area contributed by atoms with Crippen LogP contribution < -0.4 is 9.64 Å². The third kappa shape index (κ3) is 3.73. The Bertz CT molecular complexity index is 629. The molecule has 1 aromatic carbocycles. The van der Waals surface area contributed by atoms with Crippen molar-refractivity contribution in [2.45, 2.75) is 12.8 Å². The molecule has 1 unspecified atom stereocenters. The van der Waals surface area contributed by atoms with Crippen molar-refractivity contribution in [1.29, 1.82) is 0 Å². The maximum absolute atomic E-state index is 12.2. The van der Waals surface area contributed by atoms with E-state index >= 15 is 0 Å². The molecule has 1 fully saturated rings. The van der Waals surface area contributed by atoms with Crippen LogP contribution >= 0.6 is 0 Å². The number of nitrogens with zero attached hydrogens (tertiary/aromatic N) is 4. The van der Waals surface area contributed by atoms with E-state index in [1.54, 1.807) is 0 Å². The fourth-order valence-electron chi connectivity index (χ4n) is 2.21. The molecule has 118 valence electrons. The number of hydrogen-bond donors (Lipinski definition) is 1. The van der Waals surface area contributed by atoms with Gasteiger partial charge in [0.1, 0.15) is 11.5 Å². The molecule has 1 aliphatic heterocycles. The summed E-state index contributed by atoms with van der Waals surface area (Å²) in [6.45, 7) is 0.235. The molecule has 1 heterocycles. The number of alkyl halides is 3. The topological polar surface area (TPSA) is 98.5 Å². The summed E-state index contributed by atoms with van der Waals surface area (Å²) in [7, 11) is 0. The minimum absolute atomic E-state index is 0.0739. The van der Waals surface area contributed by atoms with Crippen LogP contribution in [0.4, 0.5) is 18.9 Å². The van der Waals surface area contributed by atoms with Gasteiger partial charge < -0.3 is 14.7 Å². The summed E-state index contributed by atoms with van der Waals surface area (Å²) in [5.41, 5.74) is 8.19. The second kappa shape index (κ2) is 6.02. The molecule has 2 rings (SSSR count). The van der Waals surface area contributed by atoms with E-state index in [1.165, 1.54) is 0 Å². The van der Waals surface area contributed by atoms with Crippen LogP contribution in [-0.2, 0) is 4.79 Å². The van der Waals surface area contributed by atoms with Crippen molar-refractivity contribution < 1.29 is 27.8 Å². The molecule has 22 heavy (non-hydrogen) atoms. The Balaban J connectivity index is 2.22. The lowest BCUT2D eigenvalue weighted by atomic mass is 10.1. The Morgan fingerprint density at radius 1 is 1.50 bits per heavy atom. The van der Waals surface area contributed by atoms with Crippen molar-refractivity contribution >= 4 is 11.6 Å². The van der Waals surface area contributed by atoms with Gasteiger partial charge in [0.15, 0.2) is 0 Å². The molecular formula is C12H11F3N4O3. The van der Waals surface area contributed by atoms with Crippen LogP contribution in [0.2, 0.25) is 0 Å². The molecule has 10 heteroatoms. The van der Waals surface area contributed by atoms with E-state index in [9.17, 15) is 23.1 Å². The SMILES string of the molecule is [N-]=[N+]=NCC1CC(=O)N(c2cc(OC(F)(F)F)ccc2O)C1. The molecule has 0 saturated carbocycles. The van der Waals surface area contributed by atoms with E-state index in [0.29, 0.717) is 0 Å². The molecule has 0 spiro atoms. The number of halogens is 3. The molecule has 1 aromatic rings. The Morgan fingerprint density at radius 2 is 2.23 bits per heavy atom. The number of carbonyl (C=O) groups is 1. The summed E-state index contributed by atoms with van der Waals surface area (Å²) in [5, 5.41) is 13.1. The highest BCUT2D eigenvalue weighted by molar-refractivity contribution is 5.97. The maximum Gasteiger partial charge on any atom is 0.573 e. The highest BCUT2D eigenvalue weighted by Gasteiger charge is 2.34. The van der Waals surface area contributed by atoms with Gasteiger partial charge in [-0.1, -0.05) is 5.11 Å². The van der Waals surface area contributed by atoms with Gasteiger partial charge in [-0.3, -0.25) is 4.79 Å². The molecule has 1 amide bonds. The van der Waals surface area contributed by atoms with Crippen molar-refractivity contribution in [3.8, 4) is 11.5 Å². The van der Waals surface area contributed by atoms with Crippen molar-refractivity contribution in [1.82, 2.24) is 0 Å². The zero-order valence-corrected chi connectivity index (χ0v) is 11.1. The molecule has 1 atom stereocenters. The van der Waals surface area contributed by atoms with Crippen LogP contribution in [-0.4, -0.2) is 30.5 Å². The number of ether oxygens (including phenoxy) is 1. The van der Waals surface area contributed by atoms with E-state index in [4.69, 9.17) is 5.53 Å². The third-order valence-electron chi connectivity index (χ3n) is 3.08. The number of hydrogen-bond acceptors (Lipinski definition) is 4. The van der Waals surface area contributed by atoms with Crippen LogP contribution in [0.5, 0.6) is 11.5 Å². The molecule has 1 N–H and O–H groups in total. The van der Waals surface area contributed by atoms with Gasteiger partial charge in [-0.25, -0.2) is 0 Å². The van der Waals surface area contributed by atoms with E-state index in [-0.39, 0.29) is 42.8 Å². The summed E-state index contributed by atoms with van der Waals surface area (Å²) in [4.78, 5) is 15.7. The van der Waals surface area contributed by atoms with Crippen molar-refractivity contribution in [3.63, 3.8) is 0 Å². The minimum atomic E-state index is -4.87. The third-order valence-corrected chi connectivity index (χ3v) is 3.08. The standard InChI is InChI=1S/C12H11F3N4O3/c13-12(14,15)22-8-1-2-10(20)9(4-8)19-6-7(3-11(19)21)5-17-18-16/h1-2,4,7,20H,3,5-6H2. The Hall–Kier alpha value is -2.61. The van der Waals surface area contributed by atoms with E-state index in [0.717, 1.165) is 23.1 Å². The summed E-state index contributed by atoms with van der Waals surface area (Å²) in [5.74, 6) is -1.51. The summed E-state index contributed by atoms with van der Waals surface area (Å²) >= 11 is 0. The van der Waals surface area contributed by atoms with Gasteiger partial charge in [0.25, 0.3) is 0 Å². The van der Waals surface area contributed by atoms with Gasteiger partial charge in [0.05, 0.1) is 5.69 Å². The molecule has 0 aliphatic carbocycles. The zero-order chi connectivity index (χ0) is 16.3. The van der Waals surface area contributed by atoms with Crippen LogP contribution in [0.15, 0.2) is 23.3 Å². The maximum atomic E-state index is 12.2. The summed E-state index contributed by atoms with van der Waals surface area (Å²) < 4.78 is 40.4. The van der Waals surface area contributed by atoms with Gasteiger partial charge in [0.2, 0.25) is 5.91 Å². The number of phenols is 1. The predicted octanol–water partition coefficient (Wildman–Crippen LogP) is 2.95. The summed E-state index contributed by atoms with van der Waals surface area (Å²) in [6, 6.07) is 2.91. The number of benzene rings is 1. The highest BCUT2D eigenvalue weighted by atomic mass is 19.4. The number of azide groups is 1. The van der Waals surface area contributed by atoms with Gasteiger partial charge in [-0.15, -0.1) is 13.2 Å². The number of anilines is 1. The Kier molecular flexibility index (Phi) is 4.32.